The van der Waals surface area contributed by atoms with Gasteiger partial charge in [-0.1, -0.05) is 0 Å². The molecule has 0 radical (unpaired) electrons. The lowest BCUT2D eigenvalue weighted by Gasteiger charge is -2.30. The zero-order chi connectivity index (χ0) is 13.2. The number of sulfonamides is 1. The van der Waals surface area contributed by atoms with Crippen molar-refractivity contribution < 1.29 is 13.2 Å². The van der Waals surface area contributed by atoms with Crippen LogP contribution in [0.1, 0.15) is 44.9 Å². The van der Waals surface area contributed by atoms with E-state index in [0.717, 1.165) is 38.5 Å². The standard InChI is InChI=1S/C13H23NO3S/c1-18(16,17)14-9-3-5-11(10-14)4-2-6-13(15)12-7-8-12/h11-12H,2-10H2,1H3. The van der Waals surface area contributed by atoms with E-state index in [0.29, 0.717) is 37.1 Å². The first-order valence-electron chi connectivity index (χ1n) is 6.94. The highest BCUT2D eigenvalue weighted by atomic mass is 32.2. The van der Waals surface area contributed by atoms with E-state index in [4.69, 9.17) is 0 Å². The Balaban J connectivity index is 1.70. The van der Waals surface area contributed by atoms with Crippen LogP contribution in [0.25, 0.3) is 0 Å². The maximum absolute atomic E-state index is 11.6. The van der Waals surface area contributed by atoms with E-state index < -0.39 is 10.0 Å². The molecule has 0 bridgehead atoms. The summed E-state index contributed by atoms with van der Waals surface area (Å²) >= 11 is 0. The molecular weight excluding hydrogens is 250 g/mol. The highest BCUT2D eigenvalue weighted by Crippen LogP contribution is 2.32. The molecule has 2 rings (SSSR count). The molecule has 1 saturated carbocycles. The van der Waals surface area contributed by atoms with Crippen molar-refractivity contribution in [1.82, 2.24) is 4.31 Å². The zero-order valence-corrected chi connectivity index (χ0v) is 11.9. The van der Waals surface area contributed by atoms with Crippen LogP contribution in [-0.2, 0) is 14.8 Å². The van der Waals surface area contributed by atoms with Crippen molar-refractivity contribution in [2.75, 3.05) is 19.3 Å². The SMILES string of the molecule is CS(=O)(=O)N1CCCC(CCCC(=O)C2CC2)C1. The normalized spacial score (nSPS) is 26.2. The molecule has 0 aromatic carbocycles. The molecule has 2 aliphatic rings. The Bertz CT molecular complexity index is 400. The Morgan fingerprint density at radius 1 is 1.28 bits per heavy atom. The number of rotatable bonds is 6. The molecule has 4 nitrogen and oxygen atoms in total. The number of Topliss-reactive ketones (excluding diaryl/α,β-unsaturated/α-hetero) is 1. The van der Waals surface area contributed by atoms with Gasteiger partial charge in [-0.15, -0.1) is 0 Å². The first-order chi connectivity index (χ1) is 8.47. The number of nitrogens with zero attached hydrogens (tertiary/aromatic N) is 1. The van der Waals surface area contributed by atoms with Crippen molar-refractivity contribution in [2.45, 2.75) is 44.9 Å². The van der Waals surface area contributed by atoms with Crippen molar-refractivity contribution >= 4 is 15.8 Å². The van der Waals surface area contributed by atoms with Gasteiger partial charge in [0.1, 0.15) is 5.78 Å². The number of piperidine rings is 1. The topological polar surface area (TPSA) is 54.5 Å². The summed E-state index contributed by atoms with van der Waals surface area (Å²) in [7, 11) is -3.04. The van der Waals surface area contributed by atoms with Gasteiger partial charge >= 0.3 is 0 Å². The van der Waals surface area contributed by atoms with E-state index in [2.05, 4.69) is 0 Å². The average molecular weight is 273 g/mol. The summed E-state index contributed by atoms with van der Waals surface area (Å²) in [5, 5.41) is 0. The molecule has 0 aromatic heterocycles. The fourth-order valence-electron chi connectivity index (χ4n) is 2.74. The van der Waals surface area contributed by atoms with Crippen LogP contribution in [0.2, 0.25) is 0 Å². The third kappa shape index (κ3) is 4.05. The summed E-state index contributed by atoms with van der Waals surface area (Å²) < 4.78 is 24.6. The van der Waals surface area contributed by atoms with E-state index in [1.54, 1.807) is 4.31 Å². The third-order valence-corrected chi connectivity index (χ3v) is 5.29. The number of ketones is 1. The fraction of sp³-hybridized carbons (Fsp3) is 0.923. The summed E-state index contributed by atoms with van der Waals surface area (Å²) in [5.74, 6) is 1.23. The lowest BCUT2D eigenvalue weighted by Crippen LogP contribution is -2.39. The maximum atomic E-state index is 11.6. The van der Waals surface area contributed by atoms with E-state index in [1.165, 1.54) is 6.26 Å². The third-order valence-electron chi connectivity index (χ3n) is 4.02. The monoisotopic (exact) mass is 273 g/mol. The zero-order valence-electron chi connectivity index (χ0n) is 11.1. The summed E-state index contributed by atoms with van der Waals surface area (Å²) in [4.78, 5) is 11.6. The van der Waals surface area contributed by atoms with Gasteiger partial charge in [0.2, 0.25) is 10.0 Å². The van der Waals surface area contributed by atoms with Crippen LogP contribution < -0.4 is 0 Å². The summed E-state index contributed by atoms with van der Waals surface area (Å²) in [6, 6.07) is 0. The minimum Gasteiger partial charge on any atom is -0.299 e. The van der Waals surface area contributed by atoms with E-state index in [1.807, 2.05) is 0 Å². The van der Waals surface area contributed by atoms with Gasteiger partial charge in [-0.3, -0.25) is 4.79 Å². The Hall–Kier alpha value is -0.420. The number of hydrogen-bond donors (Lipinski definition) is 0. The predicted octanol–water partition coefficient (Wildman–Crippen LogP) is 1.81. The molecule has 1 aliphatic heterocycles. The fourth-order valence-corrected chi connectivity index (χ4v) is 3.68. The van der Waals surface area contributed by atoms with Crippen molar-refractivity contribution in [3.63, 3.8) is 0 Å². The van der Waals surface area contributed by atoms with Crippen LogP contribution in [0.15, 0.2) is 0 Å². The Labute approximate surface area is 110 Å². The molecule has 0 spiro atoms. The minimum absolute atomic E-state index is 0.365. The lowest BCUT2D eigenvalue weighted by molar-refractivity contribution is -0.120. The molecule has 18 heavy (non-hydrogen) atoms. The van der Waals surface area contributed by atoms with Gasteiger partial charge in [0.25, 0.3) is 0 Å². The first-order valence-corrected chi connectivity index (χ1v) is 8.79. The predicted molar refractivity (Wildman–Crippen MR) is 70.7 cm³/mol. The van der Waals surface area contributed by atoms with Crippen LogP contribution in [0.5, 0.6) is 0 Å². The Kier molecular flexibility index (Phi) is 4.43. The Morgan fingerprint density at radius 3 is 2.61 bits per heavy atom. The van der Waals surface area contributed by atoms with Crippen LogP contribution in [0.3, 0.4) is 0 Å². The van der Waals surface area contributed by atoms with Gasteiger partial charge in [0, 0.05) is 25.4 Å². The molecule has 104 valence electrons. The second-order valence-corrected chi connectivity index (χ2v) is 7.74. The second kappa shape index (κ2) is 5.70. The average Bonchev–Trinajstić information content (AvgIpc) is 3.12. The van der Waals surface area contributed by atoms with Crippen molar-refractivity contribution in [2.24, 2.45) is 11.8 Å². The highest BCUT2D eigenvalue weighted by Gasteiger charge is 2.29. The molecule has 1 saturated heterocycles. The van der Waals surface area contributed by atoms with Gasteiger partial charge in [-0.2, -0.15) is 0 Å². The van der Waals surface area contributed by atoms with Crippen molar-refractivity contribution in [3.05, 3.63) is 0 Å². The Morgan fingerprint density at radius 2 is 2.00 bits per heavy atom. The van der Waals surface area contributed by atoms with Crippen LogP contribution >= 0.6 is 0 Å². The molecule has 2 fully saturated rings. The van der Waals surface area contributed by atoms with Crippen LogP contribution in [0.4, 0.5) is 0 Å². The molecular formula is C13H23NO3S. The van der Waals surface area contributed by atoms with Gasteiger partial charge in [-0.05, 0) is 44.4 Å². The summed E-state index contributed by atoms with van der Waals surface area (Å²) in [6.45, 7) is 1.31. The van der Waals surface area contributed by atoms with E-state index in [-0.39, 0.29) is 0 Å². The quantitative estimate of drug-likeness (QED) is 0.741. The largest absolute Gasteiger partial charge is 0.299 e. The van der Waals surface area contributed by atoms with Gasteiger partial charge in [0.15, 0.2) is 0 Å². The highest BCUT2D eigenvalue weighted by molar-refractivity contribution is 7.88. The first kappa shape index (κ1) is 14.0. The number of carbonyl (C=O) groups is 1. The van der Waals surface area contributed by atoms with E-state index in [9.17, 15) is 13.2 Å². The van der Waals surface area contributed by atoms with Gasteiger partial charge in [0.05, 0.1) is 6.26 Å². The number of carbonyl (C=O) groups excluding carboxylic acids is 1. The number of hydrogen-bond acceptors (Lipinski definition) is 3. The summed E-state index contributed by atoms with van der Waals surface area (Å²) in [5.41, 5.74) is 0. The molecule has 0 N–H and O–H groups in total. The molecule has 0 aromatic rings. The van der Waals surface area contributed by atoms with Crippen molar-refractivity contribution in [3.8, 4) is 0 Å². The smallest absolute Gasteiger partial charge is 0.211 e. The minimum atomic E-state index is -3.04. The van der Waals surface area contributed by atoms with Crippen LogP contribution in [0, 0.1) is 11.8 Å². The molecule has 5 heteroatoms. The van der Waals surface area contributed by atoms with Gasteiger partial charge < -0.3 is 0 Å². The molecule has 1 unspecified atom stereocenters. The van der Waals surface area contributed by atoms with Crippen LogP contribution in [-0.4, -0.2) is 37.9 Å². The maximum Gasteiger partial charge on any atom is 0.211 e. The molecule has 1 aliphatic carbocycles. The molecule has 1 atom stereocenters. The van der Waals surface area contributed by atoms with Crippen molar-refractivity contribution in [1.29, 1.82) is 0 Å². The van der Waals surface area contributed by atoms with E-state index >= 15 is 0 Å². The lowest BCUT2D eigenvalue weighted by atomic mass is 9.93. The summed E-state index contributed by atoms with van der Waals surface area (Å²) in [6.07, 6.45) is 8.13. The van der Waals surface area contributed by atoms with Gasteiger partial charge in [-0.25, -0.2) is 12.7 Å². The molecule has 0 amide bonds. The second-order valence-electron chi connectivity index (χ2n) is 5.76. The molecule has 1 heterocycles.